The van der Waals surface area contributed by atoms with Gasteiger partial charge in [0.25, 0.3) is 5.91 Å². The Morgan fingerprint density at radius 2 is 2.04 bits per heavy atom. The average molecular weight is 342 g/mol. The second kappa shape index (κ2) is 5.00. The van der Waals surface area contributed by atoms with E-state index in [0.29, 0.717) is 12.5 Å². The predicted molar refractivity (Wildman–Crippen MR) is 92.1 cm³/mol. The SMILES string of the molecule is O=C1C2NN=C(C3(C4CC4)CC3)N2C2=C(CCOC2)N1CC1CCC1. The van der Waals surface area contributed by atoms with Crippen LogP contribution in [0.2, 0.25) is 0 Å². The molecule has 6 aliphatic rings. The first-order valence-electron chi connectivity index (χ1n) is 10.0. The van der Waals surface area contributed by atoms with Crippen molar-refractivity contribution in [2.45, 2.75) is 57.5 Å². The van der Waals surface area contributed by atoms with Gasteiger partial charge < -0.3 is 9.64 Å². The molecule has 1 unspecified atom stereocenters. The number of hydrazone groups is 1. The van der Waals surface area contributed by atoms with Crippen molar-refractivity contribution in [3.63, 3.8) is 0 Å². The number of fused-ring (bicyclic) bond motifs is 2. The first kappa shape index (κ1) is 14.6. The van der Waals surface area contributed by atoms with Crippen molar-refractivity contribution in [1.29, 1.82) is 0 Å². The monoisotopic (exact) mass is 342 g/mol. The lowest BCUT2D eigenvalue weighted by molar-refractivity contribution is -0.137. The first-order valence-corrected chi connectivity index (χ1v) is 10.0. The van der Waals surface area contributed by atoms with Crippen LogP contribution in [0.1, 0.15) is 51.4 Å². The lowest BCUT2D eigenvalue weighted by Crippen LogP contribution is -2.59. The third kappa shape index (κ3) is 2.00. The summed E-state index contributed by atoms with van der Waals surface area (Å²) in [5, 5.41) is 4.72. The van der Waals surface area contributed by atoms with Gasteiger partial charge in [-0.05, 0) is 50.4 Å². The summed E-state index contributed by atoms with van der Waals surface area (Å²) in [5.41, 5.74) is 5.85. The fourth-order valence-corrected chi connectivity index (χ4v) is 5.22. The fourth-order valence-electron chi connectivity index (χ4n) is 5.22. The number of ether oxygens (including phenoxy) is 1. The van der Waals surface area contributed by atoms with E-state index in [1.54, 1.807) is 0 Å². The molecule has 0 aromatic rings. The minimum absolute atomic E-state index is 0.192. The molecule has 3 saturated carbocycles. The summed E-state index contributed by atoms with van der Waals surface area (Å²) in [4.78, 5) is 17.6. The van der Waals surface area contributed by atoms with E-state index in [0.717, 1.165) is 31.3 Å². The number of hydrogen-bond donors (Lipinski definition) is 1. The minimum Gasteiger partial charge on any atom is -0.375 e. The maximum absolute atomic E-state index is 13.3. The molecule has 0 saturated heterocycles. The molecule has 0 bridgehead atoms. The number of hydrogen-bond acceptors (Lipinski definition) is 5. The number of carbonyl (C=O) groups excluding carboxylic acids is 1. The van der Waals surface area contributed by atoms with Crippen molar-refractivity contribution < 1.29 is 9.53 Å². The van der Waals surface area contributed by atoms with E-state index in [-0.39, 0.29) is 17.5 Å². The summed E-state index contributed by atoms with van der Waals surface area (Å²) in [6.07, 6.45) is 9.44. The molecule has 3 heterocycles. The van der Waals surface area contributed by atoms with Crippen LogP contribution in [0.15, 0.2) is 16.5 Å². The number of rotatable bonds is 4. The Bertz CT molecular complexity index is 688. The zero-order valence-corrected chi connectivity index (χ0v) is 14.7. The molecule has 3 fully saturated rings. The van der Waals surface area contributed by atoms with Crippen LogP contribution >= 0.6 is 0 Å². The third-order valence-corrected chi connectivity index (χ3v) is 7.21. The Balaban J connectivity index is 1.38. The number of nitrogens with zero attached hydrogens (tertiary/aromatic N) is 3. The molecule has 1 atom stereocenters. The maximum Gasteiger partial charge on any atom is 0.272 e. The van der Waals surface area contributed by atoms with E-state index in [1.165, 1.54) is 56.3 Å². The smallest absolute Gasteiger partial charge is 0.272 e. The molecule has 25 heavy (non-hydrogen) atoms. The Hall–Kier alpha value is -1.56. The Kier molecular flexibility index (Phi) is 2.92. The van der Waals surface area contributed by atoms with Crippen LogP contribution in [0.25, 0.3) is 0 Å². The maximum atomic E-state index is 13.3. The van der Waals surface area contributed by atoms with Crippen molar-refractivity contribution >= 4 is 11.7 Å². The lowest BCUT2D eigenvalue weighted by Gasteiger charge is -2.45. The van der Waals surface area contributed by atoms with Gasteiger partial charge in [0.1, 0.15) is 5.84 Å². The highest BCUT2D eigenvalue weighted by molar-refractivity contribution is 6.00. The van der Waals surface area contributed by atoms with Crippen LogP contribution in [0.4, 0.5) is 0 Å². The summed E-state index contributed by atoms with van der Waals surface area (Å²) < 4.78 is 5.81. The van der Waals surface area contributed by atoms with E-state index in [4.69, 9.17) is 9.84 Å². The van der Waals surface area contributed by atoms with Gasteiger partial charge in [-0.1, -0.05) is 6.42 Å². The number of amides is 1. The largest absolute Gasteiger partial charge is 0.375 e. The van der Waals surface area contributed by atoms with Crippen molar-refractivity contribution in [2.75, 3.05) is 19.8 Å². The molecule has 0 spiro atoms. The highest BCUT2D eigenvalue weighted by atomic mass is 16.5. The molecule has 1 amide bonds. The molecule has 134 valence electrons. The summed E-state index contributed by atoms with van der Waals surface area (Å²) in [6, 6.07) is 0. The molecule has 0 aromatic carbocycles. The molecule has 3 aliphatic carbocycles. The van der Waals surface area contributed by atoms with Crippen molar-refractivity contribution in [3.8, 4) is 0 Å². The fraction of sp³-hybridized carbons (Fsp3) is 0.789. The predicted octanol–water partition coefficient (Wildman–Crippen LogP) is 2.00. The van der Waals surface area contributed by atoms with Crippen LogP contribution in [-0.4, -0.2) is 47.5 Å². The standard InChI is InChI=1S/C19H26N4O2/c24-17-16-20-21-18(19(7-8-19)13-4-5-13)23(16)15-11-25-9-6-14(15)22(17)10-12-2-1-3-12/h12-13,16,20H,1-11H2. The van der Waals surface area contributed by atoms with Crippen LogP contribution in [-0.2, 0) is 9.53 Å². The molecule has 1 N–H and O–H groups in total. The molecule has 6 nitrogen and oxygen atoms in total. The lowest BCUT2D eigenvalue weighted by atomic mass is 9.84. The summed E-state index contributed by atoms with van der Waals surface area (Å²) in [6.45, 7) is 2.22. The number of nitrogens with one attached hydrogen (secondary N) is 1. The topological polar surface area (TPSA) is 57.2 Å². The van der Waals surface area contributed by atoms with Gasteiger partial charge in [-0.15, -0.1) is 0 Å². The van der Waals surface area contributed by atoms with E-state index in [1.807, 2.05) is 0 Å². The summed E-state index contributed by atoms with van der Waals surface area (Å²) in [5.74, 6) is 2.78. The normalized spacial score (nSPS) is 33.5. The van der Waals surface area contributed by atoms with Gasteiger partial charge in [0.15, 0.2) is 0 Å². The Labute approximate surface area is 148 Å². The second-order valence-electron chi connectivity index (χ2n) is 8.71. The molecule has 6 rings (SSSR count). The highest BCUT2D eigenvalue weighted by Crippen LogP contribution is 2.63. The van der Waals surface area contributed by atoms with Crippen molar-refractivity contribution in [1.82, 2.24) is 15.2 Å². The van der Waals surface area contributed by atoms with Crippen molar-refractivity contribution in [3.05, 3.63) is 11.4 Å². The van der Waals surface area contributed by atoms with Crippen LogP contribution in [0, 0.1) is 17.3 Å². The van der Waals surface area contributed by atoms with Crippen LogP contribution in [0.3, 0.4) is 0 Å². The highest BCUT2D eigenvalue weighted by Gasteiger charge is 2.62. The molecule has 6 heteroatoms. The Morgan fingerprint density at radius 3 is 2.72 bits per heavy atom. The van der Waals surface area contributed by atoms with Gasteiger partial charge in [-0.3, -0.25) is 15.1 Å². The zero-order chi connectivity index (χ0) is 16.6. The summed E-state index contributed by atoms with van der Waals surface area (Å²) in [7, 11) is 0. The van der Waals surface area contributed by atoms with Gasteiger partial charge in [0.05, 0.1) is 18.9 Å². The summed E-state index contributed by atoms with van der Waals surface area (Å²) >= 11 is 0. The molecular formula is C19H26N4O2. The van der Waals surface area contributed by atoms with E-state index in [9.17, 15) is 4.79 Å². The Morgan fingerprint density at radius 1 is 1.20 bits per heavy atom. The second-order valence-corrected chi connectivity index (χ2v) is 8.71. The number of carbonyl (C=O) groups is 1. The van der Waals surface area contributed by atoms with Crippen LogP contribution < -0.4 is 5.43 Å². The zero-order valence-electron chi connectivity index (χ0n) is 14.7. The minimum atomic E-state index is -0.341. The van der Waals surface area contributed by atoms with Crippen LogP contribution in [0.5, 0.6) is 0 Å². The average Bonchev–Trinajstić information content (AvgIpc) is 3.50. The molecular weight excluding hydrogens is 316 g/mol. The quantitative estimate of drug-likeness (QED) is 0.849. The van der Waals surface area contributed by atoms with E-state index >= 15 is 0 Å². The van der Waals surface area contributed by atoms with Gasteiger partial charge >= 0.3 is 0 Å². The third-order valence-electron chi connectivity index (χ3n) is 7.21. The first-order chi connectivity index (χ1) is 12.3. The molecule has 0 aromatic heterocycles. The van der Waals surface area contributed by atoms with Gasteiger partial charge in [0.2, 0.25) is 6.17 Å². The van der Waals surface area contributed by atoms with Crippen molar-refractivity contribution in [2.24, 2.45) is 22.4 Å². The van der Waals surface area contributed by atoms with Gasteiger partial charge in [0, 0.05) is 24.1 Å². The molecule has 0 radical (unpaired) electrons. The van der Waals surface area contributed by atoms with Gasteiger partial charge in [-0.2, -0.15) is 5.10 Å². The van der Waals surface area contributed by atoms with E-state index < -0.39 is 0 Å². The van der Waals surface area contributed by atoms with Gasteiger partial charge in [-0.25, -0.2) is 0 Å². The van der Waals surface area contributed by atoms with E-state index in [2.05, 4.69) is 15.2 Å². The number of amidine groups is 1. The molecule has 3 aliphatic heterocycles.